The predicted molar refractivity (Wildman–Crippen MR) is 91.2 cm³/mol. The van der Waals surface area contributed by atoms with Gasteiger partial charge in [-0.1, -0.05) is 17.7 Å². The molecule has 0 aromatic heterocycles. The first kappa shape index (κ1) is 18.1. The van der Waals surface area contributed by atoms with Crippen LogP contribution in [0.4, 0.5) is 4.39 Å². The van der Waals surface area contributed by atoms with Crippen molar-refractivity contribution < 1.29 is 18.7 Å². The Morgan fingerprint density at radius 3 is 2.42 bits per heavy atom. The van der Waals surface area contributed by atoms with E-state index in [1.54, 1.807) is 18.2 Å². The van der Waals surface area contributed by atoms with Crippen molar-refractivity contribution in [2.45, 2.75) is 13.3 Å². The second-order valence-electron chi connectivity index (χ2n) is 4.98. The maximum Gasteiger partial charge on any atom is 0.224 e. The molecule has 128 valence electrons. The van der Waals surface area contributed by atoms with Gasteiger partial charge in [-0.05, 0) is 43.3 Å². The number of benzene rings is 2. The van der Waals surface area contributed by atoms with Crippen molar-refractivity contribution in [3.63, 3.8) is 0 Å². The summed E-state index contributed by atoms with van der Waals surface area (Å²) in [4.78, 5) is 11.8. The van der Waals surface area contributed by atoms with Crippen LogP contribution in [0.2, 0.25) is 5.02 Å². The molecular formula is C18H19ClFNO3. The molecule has 0 spiro atoms. The van der Waals surface area contributed by atoms with Gasteiger partial charge in [0.1, 0.15) is 23.9 Å². The van der Waals surface area contributed by atoms with Crippen LogP contribution in [0.15, 0.2) is 42.5 Å². The van der Waals surface area contributed by atoms with Crippen molar-refractivity contribution in [3.8, 4) is 11.5 Å². The van der Waals surface area contributed by atoms with Gasteiger partial charge in [0.2, 0.25) is 5.91 Å². The highest BCUT2D eigenvalue weighted by Gasteiger charge is 2.11. The third kappa shape index (κ3) is 5.42. The maximum absolute atomic E-state index is 13.6. The van der Waals surface area contributed by atoms with E-state index in [0.717, 1.165) is 5.75 Å². The summed E-state index contributed by atoms with van der Waals surface area (Å²) in [7, 11) is 0. The predicted octanol–water partition coefficient (Wildman–Crippen LogP) is 3.62. The zero-order valence-electron chi connectivity index (χ0n) is 13.4. The lowest BCUT2D eigenvalue weighted by molar-refractivity contribution is -0.120. The molecule has 0 unspecified atom stereocenters. The molecule has 2 aromatic rings. The Morgan fingerprint density at radius 1 is 1.12 bits per heavy atom. The summed E-state index contributed by atoms with van der Waals surface area (Å²) in [6.45, 7) is 3.16. The molecule has 2 aromatic carbocycles. The molecule has 24 heavy (non-hydrogen) atoms. The van der Waals surface area contributed by atoms with Gasteiger partial charge in [0.05, 0.1) is 19.6 Å². The van der Waals surface area contributed by atoms with Gasteiger partial charge in [0.15, 0.2) is 0 Å². The summed E-state index contributed by atoms with van der Waals surface area (Å²) in [5.74, 6) is 0.672. The first-order valence-corrected chi connectivity index (χ1v) is 8.03. The Balaban J connectivity index is 1.73. The third-order valence-corrected chi connectivity index (χ3v) is 3.58. The van der Waals surface area contributed by atoms with E-state index in [1.807, 2.05) is 19.1 Å². The fourth-order valence-corrected chi connectivity index (χ4v) is 2.31. The van der Waals surface area contributed by atoms with E-state index >= 15 is 0 Å². The molecule has 2 rings (SSSR count). The highest BCUT2D eigenvalue weighted by molar-refractivity contribution is 6.31. The lowest BCUT2D eigenvalue weighted by Gasteiger charge is -2.09. The quantitative estimate of drug-likeness (QED) is 0.739. The van der Waals surface area contributed by atoms with Crippen molar-refractivity contribution in [2.24, 2.45) is 0 Å². The number of rotatable bonds is 8. The number of carbonyl (C=O) groups excluding carboxylic acids is 1. The molecule has 1 N–H and O–H groups in total. The van der Waals surface area contributed by atoms with Crippen LogP contribution in [-0.4, -0.2) is 25.7 Å². The molecule has 0 aliphatic heterocycles. The number of halogens is 2. The minimum Gasteiger partial charge on any atom is -0.494 e. The van der Waals surface area contributed by atoms with Gasteiger partial charge >= 0.3 is 0 Å². The van der Waals surface area contributed by atoms with Gasteiger partial charge in [-0.3, -0.25) is 4.79 Å². The summed E-state index contributed by atoms with van der Waals surface area (Å²) >= 11 is 5.90. The number of carbonyl (C=O) groups is 1. The summed E-state index contributed by atoms with van der Waals surface area (Å²) in [5, 5.41) is 2.92. The Labute approximate surface area is 145 Å². The van der Waals surface area contributed by atoms with E-state index in [2.05, 4.69) is 5.32 Å². The minimum absolute atomic E-state index is 0.103. The molecular weight excluding hydrogens is 333 g/mol. The molecule has 4 nitrogen and oxygen atoms in total. The highest BCUT2D eigenvalue weighted by atomic mass is 35.5. The Hall–Kier alpha value is -2.27. The van der Waals surface area contributed by atoms with Gasteiger partial charge < -0.3 is 14.8 Å². The van der Waals surface area contributed by atoms with E-state index in [4.69, 9.17) is 21.1 Å². The standard InChI is InChI=1S/C18H19ClFNO3/c1-2-23-13-6-8-14(9-7-13)24-11-10-21-18(22)12-15-16(19)4-3-5-17(15)20/h3-9H,2,10-12H2,1H3,(H,21,22). The van der Waals surface area contributed by atoms with Crippen molar-refractivity contribution in [1.82, 2.24) is 5.32 Å². The molecule has 0 saturated carbocycles. The van der Waals surface area contributed by atoms with Gasteiger partial charge in [-0.25, -0.2) is 4.39 Å². The largest absolute Gasteiger partial charge is 0.494 e. The van der Waals surface area contributed by atoms with Crippen molar-refractivity contribution in [3.05, 3.63) is 58.9 Å². The molecule has 0 aliphatic rings. The fraction of sp³-hybridized carbons (Fsp3) is 0.278. The fourth-order valence-electron chi connectivity index (χ4n) is 2.08. The van der Waals surface area contributed by atoms with Gasteiger partial charge in [0.25, 0.3) is 0 Å². The van der Waals surface area contributed by atoms with Crippen LogP contribution in [0.1, 0.15) is 12.5 Å². The number of hydrogen-bond acceptors (Lipinski definition) is 3. The van der Waals surface area contributed by atoms with Gasteiger partial charge in [-0.15, -0.1) is 0 Å². The van der Waals surface area contributed by atoms with E-state index in [-0.39, 0.29) is 22.9 Å². The molecule has 0 atom stereocenters. The number of hydrogen-bond donors (Lipinski definition) is 1. The number of nitrogens with one attached hydrogen (secondary N) is 1. The summed E-state index contributed by atoms with van der Waals surface area (Å²) < 4.78 is 24.5. The molecule has 0 radical (unpaired) electrons. The zero-order valence-corrected chi connectivity index (χ0v) is 14.1. The van der Waals surface area contributed by atoms with E-state index < -0.39 is 5.82 Å². The second-order valence-corrected chi connectivity index (χ2v) is 5.39. The van der Waals surface area contributed by atoms with Crippen LogP contribution in [-0.2, 0) is 11.2 Å². The van der Waals surface area contributed by atoms with Crippen LogP contribution >= 0.6 is 11.6 Å². The molecule has 1 amide bonds. The Morgan fingerprint density at radius 2 is 1.79 bits per heavy atom. The first-order chi connectivity index (χ1) is 11.6. The van der Waals surface area contributed by atoms with Crippen molar-refractivity contribution >= 4 is 17.5 Å². The van der Waals surface area contributed by atoms with Gasteiger partial charge in [-0.2, -0.15) is 0 Å². The molecule has 0 saturated heterocycles. The average Bonchev–Trinajstić information content (AvgIpc) is 2.57. The van der Waals surface area contributed by atoms with E-state index in [1.165, 1.54) is 12.1 Å². The third-order valence-electron chi connectivity index (χ3n) is 3.23. The topological polar surface area (TPSA) is 47.6 Å². The van der Waals surface area contributed by atoms with Crippen LogP contribution in [0, 0.1) is 5.82 Å². The van der Waals surface area contributed by atoms with Crippen molar-refractivity contribution in [1.29, 1.82) is 0 Å². The van der Waals surface area contributed by atoms with Crippen LogP contribution in [0.5, 0.6) is 11.5 Å². The van der Waals surface area contributed by atoms with Crippen molar-refractivity contribution in [2.75, 3.05) is 19.8 Å². The van der Waals surface area contributed by atoms with Crippen LogP contribution in [0.3, 0.4) is 0 Å². The normalized spacial score (nSPS) is 10.3. The maximum atomic E-state index is 13.6. The molecule has 0 fully saturated rings. The summed E-state index contributed by atoms with van der Waals surface area (Å²) in [6.07, 6.45) is -0.103. The van der Waals surface area contributed by atoms with Gasteiger partial charge in [0, 0.05) is 10.6 Å². The number of ether oxygens (including phenoxy) is 2. The molecule has 0 bridgehead atoms. The average molecular weight is 352 g/mol. The van der Waals surface area contributed by atoms with Crippen LogP contribution in [0.25, 0.3) is 0 Å². The smallest absolute Gasteiger partial charge is 0.224 e. The zero-order chi connectivity index (χ0) is 17.4. The van der Waals surface area contributed by atoms with E-state index in [0.29, 0.717) is 25.5 Å². The first-order valence-electron chi connectivity index (χ1n) is 7.65. The summed E-state index contributed by atoms with van der Waals surface area (Å²) in [6, 6.07) is 11.6. The molecule has 0 aliphatic carbocycles. The summed E-state index contributed by atoms with van der Waals surface area (Å²) in [5.41, 5.74) is 0.198. The lowest BCUT2D eigenvalue weighted by Crippen LogP contribution is -2.29. The number of amides is 1. The molecule has 0 heterocycles. The molecule has 6 heteroatoms. The SMILES string of the molecule is CCOc1ccc(OCCNC(=O)Cc2c(F)cccc2Cl)cc1. The second kappa shape index (κ2) is 9.13. The Kier molecular flexibility index (Phi) is 6.88. The monoisotopic (exact) mass is 351 g/mol. The minimum atomic E-state index is -0.483. The Bertz CT molecular complexity index is 656. The lowest BCUT2D eigenvalue weighted by atomic mass is 10.1. The van der Waals surface area contributed by atoms with E-state index in [9.17, 15) is 9.18 Å². The highest BCUT2D eigenvalue weighted by Crippen LogP contribution is 2.19. The van der Waals surface area contributed by atoms with Crippen LogP contribution < -0.4 is 14.8 Å².